The molecule has 6 heteroatoms. The van der Waals surface area contributed by atoms with Gasteiger partial charge in [-0.3, -0.25) is 9.59 Å². The lowest BCUT2D eigenvalue weighted by atomic mass is 10.2. The molecule has 1 heterocycles. The van der Waals surface area contributed by atoms with Crippen molar-refractivity contribution in [2.75, 3.05) is 18.4 Å². The fourth-order valence-corrected chi connectivity index (χ4v) is 4.10. The summed E-state index contributed by atoms with van der Waals surface area (Å²) in [4.78, 5) is 27.5. The molecule has 0 radical (unpaired) electrons. The lowest BCUT2D eigenvalue weighted by molar-refractivity contribution is -0.116. The van der Waals surface area contributed by atoms with Gasteiger partial charge in [0.1, 0.15) is 12.2 Å². The van der Waals surface area contributed by atoms with E-state index < -0.39 is 0 Å². The average molecular weight is 442 g/mol. The molecule has 0 aliphatic rings. The van der Waals surface area contributed by atoms with Crippen LogP contribution in [0.2, 0.25) is 0 Å². The van der Waals surface area contributed by atoms with Crippen LogP contribution in [-0.4, -0.2) is 34.4 Å². The predicted molar refractivity (Wildman–Crippen MR) is 117 cm³/mol. The van der Waals surface area contributed by atoms with E-state index in [1.807, 2.05) is 74.0 Å². The number of rotatable bonds is 6. The third-order valence-electron chi connectivity index (χ3n) is 4.78. The number of benzene rings is 2. The second kappa shape index (κ2) is 8.61. The number of aromatic nitrogens is 1. The molecule has 0 atom stereocenters. The molecular formula is C22H24BrN3O2. The van der Waals surface area contributed by atoms with Gasteiger partial charge < -0.3 is 14.8 Å². The molecule has 1 N–H and O–H groups in total. The van der Waals surface area contributed by atoms with Crippen molar-refractivity contribution in [2.45, 2.75) is 20.3 Å². The van der Waals surface area contributed by atoms with Crippen molar-refractivity contribution in [3.8, 4) is 0 Å². The molecule has 28 heavy (non-hydrogen) atoms. The number of halogens is 1. The summed E-state index contributed by atoms with van der Waals surface area (Å²) in [7, 11) is 1.87. The van der Waals surface area contributed by atoms with E-state index in [-0.39, 0.29) is 18.4 Å². The van der Waals surface area contributed by atoms with Crippen LogP contribution in [0.1, 0.15) is 29.4 Å². The number of para-hydroxylation sites is 2. The lowest BCUT2D eigenvalue weighted by Gasteiger charge is -2.22. The number of hydrogen-bond acceptors (Lipinski definition) is 2. The van der Waals surface area contributed by atoms with Crippen molar-refractivity contribution < 1.29 is 9.59 Å². The molecule has 0 aliphatic carbocycles. The third kappa shape index (κ3) is 3.97. The Morgan fingerprint density at radius 2 is 1.79 bits per heavy atom. The summed E-state index contributed by atoms with van der Waals surface area (Å²) in [6, 6.07) is 15.5. The molecule has 146 valence electrons. The molecule has 3 rings (SSSR count). The monoisotopic (exact) mass is 441 g/mol. The molecule has 0 fully saturated rings. The van der Waals surface area contributed by atoms with Crippen LogP contribution in [0.5, 0.6) is 0 Å². The van der Waals surface area contributed by atoms with Crippen molar-refractivity contribution in [3.05, 3.63) is 64.3 Å². The summed E-state index contributed by atoms with van der Waals surface area (Å²) < 4.78 is 2.64. The quantitative estimate of drug-likeness (QED) is 0.600. The SMILES string of the molecule is CCCN(CC(=O)Nc1ccccc1C)C(=O)c1c(Br)c2ccccc2n1C. The van der Waals surface area contributed by atoms with Crippen molar-refractivity contribution >= 4 is 44.3 Å². The van der Waals surface area contributed by atoms with E-state index >= 15 is 0 Å². The number of hydrogen-bond donors (Lipinski definition) is 1. The highest BCUT2D eigenvalue weighted by atomic mass is 79.9. The Morgan fingerprint density at radius 1 is 1.11 bits per heavy atom. The highest BCUT2D eigenvalue weighted by Gasteiger charge is 2.25. The van der Waals surface area contributed by atoms with E-state index in [9.17, 15) is 9.59 Å². The van der Waals surface area contributed by atoms with E-state index in [1.165, 1.54) is 0 Å². The van der Waals surface area contributed by atoms with Gasteiger partial charge in [-0.2, -0.15) is 0 Å². The maximum absolute atomic E-state index is 13.3. The van der Waals surface area contributed by atoms with Gasteiger partial charge in [-0.15, -0.1) is 0 Å². The highest BCUT2D eigenvalue weighted by molar-refractivity contribution is 9.10. The van der Waals surface area contributed by atoms with Crippen molar-refractivity contribution in [1.29, 1.82) is 0 Å². The third-order valence-corrected chi connectivity index (χ3v) is 5.58. The second-order valence-electron chi connectivity index (χ2n) is 6.83. The van der Waals surface area contributed by atoms with Gasteiger partial charge in [0.05, 0.1) is 4.47 Å². The van der Waals surface area contributed by atoms with Gasteiger partial charge in [0.15, 0.2) is 0 Å². The van der Waals surface area contributed by atoms with Crippen molar-refractivity contribution in [2.24, 2.45) is 7.05 Å². The van der Waals surface area contributed by atoms with Gasteiger partial charge in [-0.05, 0) is 47.0 Å². The zero-order valence-corrected chi connectivity index (χ0v) is 17.9. The summed E-state index contributed by atoms with van der Waals surface area (Å²) in [5, 5.41) is 3.89. The molecule has 0 bridgehead atoms. The van der Waals surface area contributed by atoms with E-state index in [4.69, 9.17) is 0 Å². The number of amides is 2. The molecule has 2 aromatic carbocycles. The Morgan fingerprint density at radius 3 is 2.46 bits per heavy atom. The number of nitrogens with one attached hydrogen (secondary N) is 1. The smallest absolute Gasteiger partial charge is 0.272 e. The number of fused-ring (bicyclic) bond motifs is 1. The summed E-state index contributed by atoms with van der Waals surface area (Å²) >= 11 is 3.58. The van der Waals surface area contributed by atoms with Gasteiger partial charge in [0.25, 0.3) is 5.91 Å². The van der Waals surface area contributed by atoms with Crippen molar-refractivity contribution in [1.82, 2.24) is 9.47 Å². The topological polar surface area (TPSA) is 54.3 Å². The first-order valence-electron chi connectivity index (χ1n) is 9.31. The Labute approximate surface area is 173 Å². The van der Waals surface area contributed by atoms with Gasteiger partial charge >= 0.3 is 0 Å². The molecule has 0 saturated carbocycles. The Kier molecular flexibility index (Phi) is 6.19. The van der Waals surface area contributed by atoms with Crippen LogP contribution >= 0.6 is 15.9 Å². The molecule has 2 amide bonds. The first-order valence-corrected chi connectivity index (χ1v) is 10.1. The minimum absolute atomic E-state index is 0.00890. The molecular weight excluding hydrogens is 418 g/mol. The number of carbonyl (C=O) groups excluding carboxylic acids is 2. The van der Waals surface area contributed by atoms with Crippen LogP contribution in [0.25, 0.3) is 10.9 Å². The minimum atomic E-state index is -0.203. The molecule has 0 spiro atoms. The molecule has 5 nitrogen and oxygen atoms in total. The van der Waals surface area contributed by atoms with E-state index in [1.54, 1.807) is 4.90 Å². The Hall–Kier alpha value is -2.60. The first kappa shape index (κ1) is 20.1. The minimum Gasteiger partial charge on any atom is -0.339 e. The maximum Gasteiger partial charge on any atom is 0.272 e. The molecule has 0 aliphatic heterocycles. The number of carbonyl (C=O) groups is 2. The van der Waals surface area contributed by atoms with Gasteiger partial charge in [0, 0.05) is 30.2 Å². The summed E-state index contributed by atoms with van der Waals surface area (Å²) in [6.07, 6.45) is 0.769. The maximum atomic E-state index is 13.3. The van der Waals surface area contributed by atoms with E-state index in [2.05, 4.69) is 21.2 Å². The largest absolute Gasteiger partial charge is 0.339 e. The second-order valence-corrected chi connectivity index (χ2v) is 7.62. The van der Waals surface area contributed by atoms with Gasteiger partial charge in [0.2, 0.25) is 5.91 Å². The van der Waals surface area contributed by atoms with Crippen molar-refractivity contribution in [3.63, 3.8) is 0 Å². The van der Waals surface area contributed by atoms with Crippen LogP contribution in [0.4, 0.5) is 5.69 Å². The van der Waals surface area contributed by atoms with Crippen LogP contribution in [0.15, 0.2) is 53.0 Å². The predicted octanol–water partition coefficient (Wildman–Crippen LogP) is 4.74. The molecule has 1 aromatic heterocycles. The number of anilines is 1. The normalized spacial score (nSPS) is 10.9. The molecule has 3 aromatic rings. The Balaban J connectivity index is 1.85. The molecule has 0 saturated heterocycles. The van der Waals surface area contributed by atoms with E-state index in [0.29, 0.717) is 12.2 Å². The van der Waals surface area contributed by atoms with E-state index in [0.717, 1.165) is 33.0 Å². The first-order chi connectivity index (χ1) is 13.4. The summed E-state index contributed by atoms with van der Waals surface area (Å²) in [5.74, 6) is -0.363. The lowest BCUT2D eigenvalue weighted by Crippen LogP contribution is -2.39. The fourth-order valence-electron chi connectivity index (χ4n) is 3.33. The average Bonchev–Trinajstić information content (AvgIpc) is 2.94. The Bertz CT molecular complexity index is 987. The van der Waals surface area contributed by atoms with Crippen LogP contribution in [0.3, 0.4) is 0 Å². The fraction of sp³-hybridized carbons (Fsp3) is 0.273. The zero-order valence-electron chi connectivity index (χ0n) is 16.3. The van der Waals surface area contributed by atoms with Gasteiger partial charge in [-0.25, -0.2) is 0 Å². The highest BCUT2D eigenvalue weighted by Crippen LogP contribution is 2.31. The number of aryl methyl sites for hydroxylation is 2. The summed E-state index contributed by atoms with van der Waals surface area (Å²) in [5.41, 5.74) is 3.28. The van der Waals surface area contributed by atoms with Crippen LogP contribution < -0.4 is 5.32 Å². The van der Waals surface area contributed by atoms with Crippen LogP contribution in [-0.2, 0) is 11.8 Å². The van der Waals surface area contributed by atoms with Gasteiger partial charge in [-0.1, -0.05) is 43.3 Å². The standard InChI is InChI=1S/C22H24BrN3O2/c1-4-13-26(14-19(27)24-17-11-7-5-9-15(17)2)22(28)21-20(23)16-10-6-8-12-18(16)25(21)3/h5-12H,4,13-14H2,1-3H3,(H,24,27). The molecule has 0 unspecified atom stereocenters. The zero-order chi connectivity index (χ0) is 20.3. The van der Waals surface area contributed by atoms with Crippen LogP contribution in [0, 0.1) is 6.92 Å². The summed E-state index contributed by atoms with van der Waals surface area (Å²) in [6.45, 7) is 4.45. The number of nitrogens with zero attached hydrogens (tertiary/aromatic N) is 2.